The molecule has 0 spiro atoms. The maximum Gasteiger partial charge on any atom is 0.220 e. The molecule has 2 aromatic rings. The van der Waals surface area contributed by atoms with Gasteiger partial charge in [-0.2, -0.15) is 0 Å². The van der Waals surface area contributed by atoms with Gasteiger partial charge in [0.05, 0.1) is 0 Å². The van der Waals surface area contributed by atoms with E-state index in [2.05, 4.69) is 5.32 Å². The third-order valence-electron chi connectivity index (χ3n) is 3.61. The summed E-state index contributed by atoms with van der Waals surface area (Å²) in [6, 6.07) is 13.1. The molecular weight excluding hydrogens is 306 g/mol. The van der Waals surface area contributed by atoms with Gasteiger partial charge < -0.3 is 19.9 Å². The fraction of sp³-hybridized carbons (Fsp3) is 0.316. The number of hydrogen-bond donors (Lipinski definition) is 2. The van der Waals surface area contributed by atoms with Crippen LogP contribution in [0.3, 0.4) is 0 Å². The number of carbonyl (C=O) groups excluding carboxylic acids is 1. The van der Waals surface area contributed by atoms with Crippen molar-refractivity contribution >= 4 is 5.91 Å². The lowest BCUT2D eigenvalue weighted by atomic mass is 10.1. The molecule has 2 rings (SSSR count). The quantitative estimate of drug-likeness (QED) is 0.731. The third-order valence-corrected chi connectivity index (χ3v) is 3.61. The third kappa shape index (κ3) is 5.59. The van der Waals surface area contributed by atoms with Crippen molar-refractivity contribution in [2.75, 3.05) is 13.9 Å². The van der Waals surface area contributed by atoms with Gasteiger partial charge in [0, 0.05) is 20.1 Å². The van der Waals surface area contributed by atoms with E-state index in [1.54, 1.807) is 18.2 Å². The van der Waals surface area contributed by atoms with Gasteiger partial charge in [0.2, 0.25) is 5.91 Å². The van der Waals surface area contributed by atoms with Gasteiger partial charge in [-0.15, -0.1) is 0 Å². The van der Waals surface area contributed by atoms with Crippen LogP contribution >= 0.6 is 0 Å². The highest BCUT2D eigenvalue weighted by Gasteiger charge is 2.07. The Labute approximate surface area is 142 Å². The number of ether oxygens (including phenoxy) is 2. The summed E-state index contributed by atoms with van der Waals surface area (Å²) in [7, 11) is 1.51. The van der Waals surface area contributed by atoms with Crippen molar-refractivity contribution in [3.8, 4) is 11.5 Å². The Balaban J connectivity index is 1.81. The summed E-state index contributed by atoms with van der Waals surface area (Å²) in [6.45, 7) is 2.62. The van der Waals surface area contributed by atoms with Crippen LogP contribution in [0.25, 0.3) is 0 Å². The molecule has 5 heteroatoms. The van der Waals surface area contributed by atoms with E-state index in [9.17, 15) is 9.90 Å². The molecule has 0 atom stereocenters. The first-order chi connectivity index (χ1) is 11.6. The molecule has 0 aliphatic carbocycles. The van der Waals surface area contributed by atoms with Gasteiger partial charge in [-0.05, 0) is 36.6 Å². The summed E-state index contributed by atoms with van der Waals surface area (Å²) in [5.74, 6) is 0.400. The van der Waals surface area contributed by atoms with E-state index in [0.29, 0.717) is 25.1 Å². The van der Waals surface area contributed by atoms with Gasteiger partial charge >= 0.3 is 0 Å². The number of methoxy groups -OCH3 is 1. The van der Waals surface area contributed by atoms with Crippen molar-refractivity contribution in [3.63, 3.8) is 0 Å². The smallest absolute Gasteiger partial charge is 0.220 e. The highest BCUT2D eigenvalue weighted by Crippen LogP contribution is 2.27. The zero-order valence-electron chi connectivity index (χ0n) is 14.0. The van der Waals surface area contributed by atoms with Gasteiger partial charge in [0.1, 0.15) is 0 Å². The van der Waals surface area contributed by atoms with Crippen LogP contribution in [0.1, 0.15) is 23.1 Å². The number of aromatic hydroxyl groups is 1. The largest absolute Gasteiger partial charge is 0.504 e. The maximum absolute atomic E-state index is 12.0. The second-order valence-corrected chi connectivity index (χ2v) is 5.62. The van der Waals surface area contributed by atoms with Crippen LogP contribution in [0.4, 0.5) is 0 Å². The Morgan fingerprint density at radius 1 is 1.12 bits per heavy atom. The number of amides is 1. The van der Waals surface area contributed by atoms with Crippen LogP contribution in [0, 0.1) is 6.92 Å². The molecule has 24 heavy (non-hydrogen) atoms. The first-order valence-electron chi connectivity index (χ1n) is 7.84. The first-order valence-corrected chi connectivity index (χ1v) is 7.84. The number of benzene rings is 2. The molecule has 0 aliphatic heterocycles. The zero-order valence-corrected chi connectivity index (χ0v) is 14.0. The first kappa shape index (κ1) is 17.8. The van der Waals surface area contributed by atoms with E-state index in [-0.39, 0.29) is 18.4 Å². The molecule has 2 N–H and O–H groups in total. The molecule has 0 radical (unpaired) electrons. The van der Waals surface area contributed by atoms with Crippen LogP contribution in [0.15, 0.2) is 42.5 Å². The monoisotopic (exact) mass is 329 g/mol. The van der Waals surface area contributed by atoms with Crippen molar-refractivity contribution in [1.82, 2.24) is 5.32 Å². The number of phenols is 1. The lowest BCUT2D eigenvalue weighted by Crippen LogP contribution is -2.22. The lowest BCUT2D eigenvalue weighted by molar-refractivity contribution is -0.121. The Hall–Kier alpha value is -2.53. The minimum Gasteiger partial charge on any atom is -0.504 e. The Bertz CT molecular complexity index is 668. The Morgan fingerprint density at radius 2 is 1.83 bits per heavy atom. The van der Waals surface area contributed by atoms with Crippen molar-refractivity contribution in [1.29, 1.82) is 0 Å². The fourth-order valence-electron chi connectivity index (χ4n) is 2.20. The van der Waals surface area contributed by atoms with E-state index < -0.39 is 0 Å². The second kappa shape index (κ2) is 8.93. The average molecular weight is 329 g/mol. The Morgan fingerprint density at radius 3 is 2.54 bits per heavy atom. The van der Waals surface area contributed by atoms with E-state index in [1.165, 1.54) is 12.7 Å². The van der Waals surface area contributed by atoms with Crippen molar-refractivity contribution in [2.24, 2.45) is 0 Å². The summed E-state index contributed by atoms with van der Waals surface area (Å²) in [6.07, 6.45) is 0.948. The molecule has 1 amide bonds. The van der Waals surface area contributed by atoms with Crippen molar-refractivity contribution in [2.45, 2.75) is 26.3 Å². The van der Waals surface area contributed by atoms with Gasteiger partial charge in [-0.1, -0.05) is 35.9 Å². The molecule has 128 valence electrons. The molecule has 0 heterocycles. The van der Waals surface area contributed by atoms with Crippen LogP contribution in [-0.4, -0.2) is 24.9 Å². The molecule has 0 saturated carbocycles. The molecule has 0 aliphatic rings. The van der Waals surface area contributed by atoms with E-state index >= 15 is 0 Å². The topological polar surface area (TPSA) is 67.8 Å². The number of rotatable bonds is 8. The van der Waals surface area contributed by atoms with Gasteiger partial charge in [0.15, 0.2) is 18.3 Å². The molecule has 5 nitrogen and oxygen atoms in total. The minimum absolute atomic E-state index is 0.0111. The highest BCUT2D eigenvalue weighted by molar-refractivity contribution is 5.76. The number of carbonyl (C=O) groups is 1. The normalized spacial score (nSPS) is 10.4. The van der Waals surface area contributed by atoms with Crippen LogP contribution < -0.4 is 10.1 Å². The standard InChI is InChI=1S/C19H23NO4/c1-14-3-5-16(6-4-14)12-20-19(22)10-8-15-7-9-17(21)18(11-15)24-13-23-2/h3-7,9,11,21H,8,10,12-13H2,1-2H3,(H,20,22). The van der Waals surface area contributed by atoms with E-state index in [0.717, 1.165) is 11.1 Å². The fourth-order valence-corrected chi connectivity index (χ4v) is 2.20. The van der Waals surface area contributed by atoms with Crippen molar-refractivity contribution in [3.05, 3.63) is 59.2 Å². The SMILES string of the molecule is COCOc1cc(CCC(=O)NCc2ccc(C)cc2)ccc1O. The van der Waals surface area contributed by atoms with Crippen LogP contribution in [-0.2, 0) is 22.5 Å². The molecule has 0 saturated heterocycles. The van der Waals surface area contributed by atoms with Crippen LogP contribution in [0.5, 0.6) is 11.5 Å². The maximum atomic E-state index is 12.0. The van der Waals surface area contributed by atoms with E-state index in [4.69, 9.17) is 9.47 Å². The summed E-state index contributed by atoms with van der Waals surface area (Å²) in [5, 5.41) is 12.6. The summed E-state index contributed by atoms with van der Waals surface area (Å²) < 4.78 is 10.1. The number of aryl methyl sites for hydroxylation is 2. The molecular formula is C19H23NO4. The second-order valence-electron chi connectivity index (χ2n) is 5.62. The number of phenolic OH excluding ortho intramolecular Hbond substituents is 1. The molecule has 0 aromatic heterocycles. The van der Waals surface area contributed by atoms with Gasteiger partial charge in [-0.25, -0.2) is 0 Å². The highest BCUT2D eigenvalue weighted by atomic mass is 16.7. The summed E-state index contributed by atoms with van der Waals surface area (Å²) >= 11 is 0. The summed E-state index contributed by atoms with van der Waals surface area (Å²) in [5.41, 5.74) is 3.20. The molecule has 2 aromatic carbocycles. The molecule has 0 bridgehead atoms. The van der Waals surface area contributed by atoms with E-state index in [1.807, 2.05) is 31.2 Å². The lowest BCUT2D eigenvalue weighted by Gasteiger charge is -2.09. The molecule has 0 fully saturated rings. The number of nitrogens with one attached hydrogen (secondary N) is 1. The van der Waals surface area contributed by atoms with Crippen molar-refractivity contribution < 1.29 is 19.4 Å². The summed E-state index contributed by atoms with van der Waals surface area (Å²) in [4.78, 5) is 12.0. The molecule has 0 unspecified atom stereocenters. The average Bonchev–Trinajstić information content (AvgIpc) is 2.59. The number of hydrogen-bond acceptors (Lipinski definition) is 4. The zero-order chi connectivity index (χ0) is 17.4. The predicted molar refractivity (Wildman–Crippen MR) is 92.0 cm³/mol. The predicted octanol–water partition coefficient (Wildman–Crippen LogP) is 2.93. The van der Waals surface area contributed by atoms with Gasteiger partial charge in [0.25, 0.3) is 0 Å². The minimum atomic E-state index is -0.0111. The Kier molecular flexibility index (Phi) is 6.63. The van der Waals surface area contributed by atoms with Crippen LogP contribution in [0.2, 0.25) is 0 Å². The van der Waals surface area contributed by atoms with Gasteiger partial charge in [-0.3, -0.25) is 4.79 Å².